The Morgan fingerprint density at radius 3 is 2.42 bits per heavy atom. The van der Waals surface area contributed by atoms with Gasteiger partial charge in [0.15, 0.2) is 0 Å². The molecule has 4 heterocycles. The number of likely N-dealkylation sites (tertiary alicyclic amines) is 1. The lowest BCUT2D eigenvalue weighted by Crippen LogP contribution is -2.49. The molecule has 0 radical (unpaired) electrons. The smallest absolute Gasteiger partial charge is 0.225 e. The van der Waals surface area contributed by atoms with Crippen LogP contribution in [0.2, 0.25) is 0 Å². The van der Waals surface area contributed by atoms with Gasteiger partial charge in [-0.25, -0.2) is 4.52 Å². The average Bonchev–Trinajstić information content (AvgIpc) is 3.50. The van der Waals surface area contributed by atoms with Crippen molar-refractivity contribution in [3.05, 3.63) is 54.4 Å². The van der Waals surface area contributed by atoms with E-state index in [9.17, 15) is 4.79 Å². The SMILES string of the molecule is CO[C@@]1(c2ccc(-c3cc4c(N5CCN(C(=O)C6CC6)CC5)ccnn4c3)cc2)CCN(C(C)C)C1. The van der Waals surface area contributed by atoms with Gasteiger partial charge in [-0.05, 0) is 56.4 Å². The van der Waals surface area contributed by atoms with Crippen LogP contribution in [0.1, 0.15) is 38.7 Å². The molecule has 0 N–H and O–H groups in total. The normalized spacial score (nSPS) is 23.2. The molecule has 1 saturated carbocycles. The van der Waals surface area contributed by atoms with Crippen molar-refractivity contribution in [1.82, 2.24) is 19.4 Å². The lowest BCUT2D eigenvalue weighted by molar-refractivity contribution is -0.132. The van der Waals surface area contributed by atoms with Crippen LogP contribution in [-0.2, 0) is 15.1 Å². The third kappa shape index (κ3) is 4.18. The van der Waals surface area contributed by atoms with E-state index in [4.69, 9.17) is 4.74 Å². The number of carbonyl (C=O) groups excluding carboxylic acids is 1. The maximum Gasteiger partial charge on any atom is 0.225 e. The molecule has 1 atom stereocenters. The van der Waals surface area contributed by atoms with Crippen LogP contribution in [0.15, 0.2) is 48.8 Å². The molecule has 0 unspecified atom stereocenters. The molecule has 2 saturated heterocycles. The Bertz CT molecular complexity index is 1240. The fourth-order valence-electron chi connectivity index (χ4n) is 5.92. The molecule has 1 aromatic carbocycles. The van der Waals surface area contributed by atoms with E-state index in [1.54, 1.807) is 0 Å². The summed E-state index contributed by atoms with van der Waals surface area (Å²) in [5.41, 5.74) is 5.65. The van der Waals surface area contributed by atoms with Gasteiger partial charge in [-0.15, -0.1) is 0 Å². The number of hydrogen-bond acceptors (Lipinski definition) is 5. The number of benzene rings is 1. The molecule has 2 aromatic heterocycles. The molecule has 3 aliphatic rings. The number of aromatic nitrogens is 2. The molecular weight excluding hydrogens is 450 g/mol. The van der Waals surface area contributed by atoms with Gasteiger partial charge in [0.1, 0.15) is 5.60 Å². The number of piperazine rings is 1. The van der Waals surface area contributed by atoms with Crippen molar-refractivity contribution in [3.63, 3.8) is 0 Å². The number of hydrogen-bond donors (Lipinski definition) is 0. The van der Waals surface area contributed by atoms with Crippen molar-refractivity contribution in [1.29, 1.82) is 0 Å². The quantitative estimate of drug-likeness (QED) is 0.526. The highest BCUT2D eigenvalue weighted by Crippen LogP contribution is 2.38. The molecule has 190 valence electrons. The first kappa shape index (κ1) is 23.5. The van der Waals surface area contributed by atoms with Crippen molar-refractivity contribution >= 4 is 17.1 Å². The lowest BCUT2D eigenvalue weighted by atomic mass is 9.91. The van der Waals surface area contributed by atoms with Gasteiger partial charge < -0.3 is 14.5 Å². The van der Waals surface area contributed by atoms with Gasteiger partial charge in [0.25, 0.3) is 0 Å². The topological polar surface area (TPSA) is 53.3 Å². The summed E-state index contributed by atoms with van der Waals surface area (Å²) in [7, 11) is 1.84. The maximum absolute atomic E-state index is 12.5. The molecular formula is C29H37N5O2. The predicted molar refractivity (Wildman–Crippen MR) is 142 cm³/mol. The van der Waals surface area contributed by atoms with Crippen LogP contribution >= 0.6 is 0 Å². The summed E-state index contributed by atoms with van der Waals surface area (Å²) in [5.74, 6) is 0.651. The number of nitrogens with zero attached hydrogens (tertiary/aromatic N) is 5. The Morgan fingerprint density at radius 1 is 1.03 bits per heavy atom. The van der Waals surface area contributed by atoms with E-state index in [-0.39, 0.29) is 5.60 Å². The van der Waals surface area contributed by atoms with Gasteiger partial charge in [-0.2, -0.15) is 5.10 Å². The molecule has 1 amide bonds. The van der Waals surface area contributed by atoms with Crippen LogP contribution in [0.5, 0.6) is 0 Å². The number of amides is 1. The van der Waals surface area contributed by atoms with Crippen LogP contribution < -0.4 is 4.90 Å². The third-order valence-corrected chi connectivity index (χ3v) is 8.47. The number of ether oxygens (including phenoxy) is 1. The second-order valence-corrected chi connectivity index (χ2v) is 11.0. The van der Waals surface area contributed by atoms with Crippen LogP contribution in [0.4, 0.5) is 5.69 Å². The van der Waals surface area contributed by atoms with Crippen LogP contribution in [0.25, 0.3) is 16.6 Å². The average molecular weight is 488 g/mol. The molecule has 0 spiro atoms. The minimum absolute atomic E-state index is 0.230. The number of methoxy groups -OCH3 is 1. The molecule has 7 nitrogen and oxygen atoms in total. The molecule has 3 fully saturated rings. The van der Waals surface area contributed by atoms with E-state index in [1.165, 1.54) is 16.8 Å². The Kier molecular flexibility index (Phi) is 6.00. The summed E-state index contributed by atoms with van der Waals surface area (Å²) in [6.07, 6.45) is 7.15. The zero-order valence-electron chi connectivity index (χ0n) is 21.7. The molecule has 7 heteroatoms. The number of rotatable bonds is 6. The fraction of sp³-hybridized carbons (Fsp3) is 0.517. The first-order valence-electron chi connectivity index (χ1n) is 13.4. The number of fused-ring (bicyclic) bond motifs is 1. The summed E-state index contributed by atoms with van der Waals surface area (Å²) < 4.78 is 8.08. The predicted octanol–water partition coefficient (Wildman–Crippen LogP) is 4.02. The highest BCUT2D eigenvalue weighted by molar-refractivity contribution is 5.82. The second-order valence-electron chi connectivity index (χ2n) is 11.0. The van der Waals surface area contributed by atoms with E-state index in [1.807, 2.05) is 17.8 Å². The van der Waals surface area contributed by atoms with Crippen molar-refractivity contribution in [2.75, 3.05) is 51.3 Å². The highest BCUT2D eigenvalue weighted by atomic mass is 16.5. The summed E-state index contributed by atoms with van der Waals surface area (Å²) in [6, 6.07) is 13.8. The van der Waals surface area contributed by atoms with Crippen molar-refractivity contribution < 1.29 is 9.53 Å². The standard InChI is InChI=1S/C29H37N5O2/c1-21(2)33-13-11-29(20-33,36-3)25-8-6-22(7-9-25)24-18-27-26(10-12-30-34(27)19-24)31-14-16-32(17-15-31)28(35)23-4-5-23/h6-10,12,18-19,21,23H,4-5,11,13-17,20H2,1-3H3/t29-/m0/s1. The molecule has 1 aliphatic carbocycles. The minimum Gasteiger partial charge on any atom is -0.372 e. The summed E-state index contributed by atoms with van der Waals surface area (Å²) in [6.45, 7) is 9.83. The zero-order valence-corrected chi connectivity index (χ0v) is 21.7. The van der Waals surface area contributed by atoms with Gasteiger partial charge in [-0.3, -0.25) is 9.69 Å². The largest absolute Gasteiger partial charge is 0.372 e. The van der Waals surface area contributed by atoms with Crippen LogP contribution in [0, 0.1) is 5.92 Å². The van der Waals surface area contributed by atoms with E-state index < -0.39 is 0 Å². The number of anilines is 1. The summed E-state index contributed by atoms with van der Waals surface area (Å²) in [4.78, 5) is 19.4. The van der Waals surface area contributed by atoms with E-state index in [0.29, 0.717) is 17.9 Å². The fourth-order valence-corrected chi connectivity index (χ4v) is 5.92. The Balaban J connectivity index is 1.21. The van der Waals surface area contributed by atoms with Crippen LogP contribution in [-0.4, -0.2) is 77.7 Å². The van der Waals surface area contributed by atoms with Gasteiger partial charge in [-0.1, -0.05) is 24.3 Å². The first-order chi connectivity index (χ1) is 17.5. The Hall–Kier alpha value is -2.90. The molecule has 6 rings (SSSR count). The van der Waals surface area contributed by atoms with Gasteiger partial charge >= 0.3 is 0 Å². The third-order valence-electron chi connectivity index (χ3n) is 8.47. The monoisotopic (exact) mass is 487 g/mol. The van der Waals surface area contributed by atoms with E-state index >= 15 is 0 Å². The van der Waals surface area contributed by atoms with Crippen molar-refractivity contribution in [2.45, 2.75) is 44.8 Å². The van der Waals surface area contributed by atoms with E-state index in [2.05, 4.69) is 76.2 Å². The summed E-state index contributed by atoms with van der Waals surface area (Å²) in [5, 5.41) is 4.59. The Morgan fingerprint density at radius 2 is 1.78 bits per heavy atom. The number of carbonyl (C=O) groups is 1. The lowest BCUT2D eigenvalue weighted by Gasteiger charge is -2.36. The molecule has 3 aromatic rings. The minimum atomic E-state index is -0.230. The highest BCUT2D eigenvalue weighted by Gasteiger charge is 2.40. The summed E-state index contributed by atoms with van der Waals surface area (Å²) >= 11 is 0. The molecule has 0 bridgehead atoms. The molecule has 2 aliphatic heterocycles. The van der Waals surface area contributed by atoms with Gasteiger partial charge in [0, 0.05) is 76.3 Å². The maximum atomic E-state index is 12.5. The van der Waals surface area contributed by atoms with Crippen LogP contribution in [0.3, 0.4) is 0 Å². The van der Waals surface area contributed by atoms with Gasteiger partial charge in [0.2, 0.25) is 5.91 Å². The second kappa shape index (κ2) is 9.20. The Labute approximate surface area is 213 Å². The zero-order chi connectivity index (χ0) is 24.9. The van der Waals surface area contributed by atoms with Crippen molar-refractivity contribution in [2.24, 2.45) is 5.92 Å². The molecule has 36 heavy (non-hydrogen) atoms. The van der Waals surface area contributed by atoms with E-state index in [0.717, 1.165) is 69.6 Å². The first-order valence-corrected chi connectivity index (χ1v) is 13.4. The van der Waals surface area contributed by atoms with Crippen molar-refractivity contribution in [3.8, 4) is 11.1 Å². The van der Waals surface area contributed by atoms with Gasteiger partial charge in [0.05, 0.1) is 11.2 Å².